The average molecular weight is 256 g/mol. The summed E-state index contributed by atoms with van der Waals surface area (Å²) in [5.74, 6) is 1.03. The predicted molar refractivity (Wildman–Crippen MR) is 71.3 cm³/mol. The Morgan fingerprint density at radius 1 is 1.47 bits per heavy atom. The Morgan fingerprint density at radius 3 is 2.82 bits per heavy atom. The van der Waals surface area contributed by atoms with E-state index in [2.05, 4.69) is 17.3 Å². The Balaban J connectivity index is 1.75. The monoisotopic (exact) mass is 255 g/mol. The van der Waals surface area contributed by atoms with E-state index in [0.29, 0.717) is 0 Å². The Labute approximate surface area is 109 Å². The maximum absolute atomic E-state index is 6.28. The van der Waals surface area contributed by atoms with Crippen LogP contribution in [0.4, 0.5) is 0 Å². The molecule has 4 heteroatoms. The molecule has 17 heavy (non-hydrogen) atoms. The quantitative estimate of drug-likeness (QED) is 0.760. The van der Waals surface area contributed by atoms with E-state index in [1.807, 2.05) is 11.7 Å². The van der Waals surface area contributed by atoms with Crippen molar-refractivity contribution in [2.24, 2.45) is 13.0 Å². The van der Waals surface area contributed by atoms with Crippen LogP contribution >= 0.6 is 11.6 Å². The summed E-state index contributed by atoms with van der Waals surface area (Å²) in [5, 5.41) is 8.71. The molecule has 1 fully saturated rings. The summed E-state index contributed by atoms with van der Waals surface area (Å²) in [6, 6.07) is 0. The SMILES string of the molecule is CCc1nn(C)c(CNCCCC2CC2)c1Cl. The molecule has 1 aromatic rings. The van der Waals surface area contributed by atoms with Crippen molar-refractivity contribution < 1.29 is 0 Å². The van der Waals surface area contributed by atoms with Crippen molar-refractivity contribution in [1.29, 1.82) is 0 Å². The maximum Gasteiger partial charge on any atom is 0.0863 e. The number of aromatic nitrogens is 2. The van der Waals surface area contributed by atoms with Gasteiger partial charge in [-0.05, 0) is 31.7 Å². The molecule has 2 rings (SSSR count). The van der Waals surface area contributed by atoms with E-state index < -0.39 is 0 Å². The first-order valence-electron chi connectivity index (χ1n) is 6.63. The molecule has 1 heterocycles. The predicted octanol–water partition coefficient (Wildman–Crippen LogP) is 2.92. The molecule has 1 aliphatic carbocycles. The second-order valence-electron chi connectivity index (χ2n) is 4.95. The zero-order chi connectivity index (χ0) is 12.3. The van der Waals surface area contributed by atoms with E-state index in [0.717, 1.165) is 41.8 Å². The minimum absolute atomic E-state index is 0.826. The number of halogens is 1. The zero-order valence-corrected chi connectivity index (χ0v) is 11.6. The molecule has 0 atom stereocenters. The lowest BCUT2D eigenvalue weighted by molar-refractivity contribution is 0.573. The van der Waals surface area contributed by atoms with Gasteiger partial charge in [-0.2, -0.15) is 5.10 Å². The van der Waals surface area contributed by atoms with Gasteiger partial charge in [-0.25, -0.2) is 0 Å². The molecular weight excluding hydrogens is 234 g/mol. The maximum atomic E-state index is 6.28. The first-order chi connectivity index (χ1) is 8.22. The van der Waals surface area contributed by atoms with E-state index in [1.165, 1.54) is 25.7 Å². The summed E-state index contributed by atoms with van der Waals surface area (Å²) < 4.78 is 1.90. The number of hydrogen-bond donors (Lipinski definition) is 1. The smallest absolute Gasteiger partial charge is 0.0863 e. The summed E-state index contributed by atoms with van der Waals surface area (Å²) >= 11 is 6.28. The van der Waals surface area contributed by atoms with E-state index >= 15 is 0 Å². The Bertz CT molecular complexity index is 369. The first kappa shape index (κ1) is 12.9. The third kappa shape index (κ3) is 3.46. The van der Waals surface area contributed by atoms with Crippen LogP contribution < -0.4 is 5.32 Å². The molecule has 0 aromatic carbocycles. The van der Waals surface area contributed by atoms with Gasteiger partial charge in [-0.3, -0.25) is 4.68 Å². The minimum atomic E-state index is 0.826. The lowest BCUT2D eigenvalue weighted by atomic mass is 10.2. The summed E-state index contributed by atoms with van der Waals surface area (Å²) in [6.45, 7) is 3.99. The molecule has 1 N–H and O–H groups in total. The van der Waals surface area contributed by atoms with Crippen molar-refractivity contribution in [3.8, 4) is 0 Å². The number of hydrogen-bond acceptors (Lipinski definition) is 2. The molecule has 3 nitrogen and oxygen atoms in total. The van der Waals surface area contributed by atoms with Crippen LogP contribution in [0.2, 0.25) is 5.02 Å². The van der Waals surface area contributed by atoms with E-state index in [4.69, 9.17) is 11.6 Å². The second-order valence-corrected chi connectivity index (χ2v) is 5.32. The molecule has 0 saturated heterocycles. The Morgan fingerprint density at radius 2 is 2.24 bits per heavy atom. The average Bonchev–Trinajstić information content (AvgIpc) is 3.09. The first-order valence-corrected chi connectivity index (χ1v) is 7.01. The molecule has 0 unspecified atom stereocenters. The molecule has 0 aliphatic heterocycles. The fourth-order valence-electron chi connectivity index (χ4n) is 2.14. The Hall–Kier alpha value is -0.540. The van der Waals surface area contributed by atoms with Gasteiger partial charge in [-0.15, -0.1) is 0 Å². The minimum Gasteiger partial charge on any atom is -0.311 e. The van der Waals surface area contributed by atoms with Crippen LogP contribution in [-0.4, -0.2) is 16.3 Å². The molecule has 0 bridgehead atoms. The van der Waals surface area contributed by atoms with Crippen molar-refractivity contribution in [2.75, 3.05) is 6.54 Å². The highest BCUT2D eigenvalue weighted by molar-refractivity contribution is 6.31. The zero-order valence-electron chi connectivity index (χ0n) is 10.8. The lowest BCUT2D eigenvalue weighted by Crippen LogP contribution is -2.17. The van der Waals surface area contributed by atoms with Gasteiger partial charge in [0, 0.05) is 13.6 Å². The van der Waals surface area contributed by atoms with Crippen LogP contribution in [0.25, 0.3) is 0 Å². The summed E-state index contributed by atoms with van der Waals surface area (Å²) in [5.41, 5.74) is 2.11. The van der Waals surface area contributed by atoms with Crippen LogP contribution in [0.5, 0.6) is 0 Å². The van der Waals surface area contributed by atoms with Gasteiger partial charge in [0.2, 0.25) is 0 Å². The fourth-order valence-corrected chi connectivity index (χ4v) is 2.50. The highest BCUT2D eigenvalue weighted by atomic mass is 35.5. The molecule has 1 saturated carbocycles. The normalized spacial score (nSPS) is 15.5. The topological polar surface area (TPSA) is 29.9 Å². The second kappa shape index (κ2) is 5.87. The van der Waals surface area contributed by atoms with Gasteiger partial charge < -0.3 is 5.32 Å². The summed E-state index contributed by atoms with van der Waals surface area (Å²) in [6.07, 6.45) is 6.46. The largest absolute Gasteiger partial charge is 0.311 e. The Kier molecular flexibility index (Phi) is 4.46. The van der Waals surface area contributed by atoms with Crippen molar-refractivity contribution in [3.63, 3.8) is 0 Å². The van der Waals surface area contributed by atoms with Crippen LogP contribution in [0, 0.1) is 5.92 Å². The van der Waals surface area contributed by atoms with Gasteiger partial charge in [0.15, 0.2) is 0 Å². The summed E-state index contributed by atoms with van der Waals surface area (Å²) in [7, 11) is 1.96. The molecule has 0 radical (unpaired) electrons. The molecule has 1 aromatic heterocycles. The number of nitrogens with zero attached hydrogens (tertiary/aromatic N) is 2. The van der Waals surface area contributed by atoms with Crippen molar-refractivity contribution in [1.82, 2.24) is 15.1 Å². The highest BCUT2D eigenvalue weighted by Gasteiger charge is 2.20. The van der Waals surface area contributed by atoms with Crippen LogP contribution in [0.15, 0.2) is 0 Å². The fraction of sp³-hybridized carbons (Fsp3) is 0.769. The van der Waals surface area contributed by atoms with Gasteiger partial charge in [0.25, 0.3) is 0 Å². The van der Waals surface area contributed by atoms with Gasteiger partial charge in [-0.1, -0.05) is 31.4 Å². The van der Waals surface area contributed by atoms with Gasteiger partial charge in [0.1, 0.15) is 0 Å². The number of nitrogens with one attached hydrogen (secondary N) is 1. The number of rotatable bonds is 7. The molecule has 96 valence electrons. The van der Waals surface area contributed by atoms with Crippen LogP contribution in [0.3, 0.4) is 0 Å². The standard InChI is InChI=1S/C13H22ClN3/c1-3-11-13(14)12(17(2)16-11)9-15-8-4-5-10-6-7-10/h10,15H,3-9H2,1-2H3. The third-order valence-corrected chi connectivity index (χ3v) is 3.89. The number of aryl methyl sites for hydroxylation is 2. The molecule has 0 spiro atoms. The van der Waals surface area contributed by atoms with Crippen molar-refractivity contribution >= 4 is 11.6 Å². The van der Waals surface area contributed by atoms with Gasteiger partial charge >= 0.3 is 0 Å². The lowest BCUT2D eigenvalue weighted by Gasteiger charge is -2.05. The van der Waals surface area contributed by atoms with Gasteiger partial charge in [0.05, 0.1) is 16.4 Å². The van der Waals surface area contributed by atoms with Crippen molar-refractivity contribution in [3.05, 3.63) is 16.4 Å². The van der Waals surface area contributed by atoms with Crippen LogP contribution in [-0.2, 0) is 20.0 Å². The highest BCUT2D eigenvalue weighted by Crippen LogP contribution is 2.33. The molecule has 1 aliphatic rings. The molecular formula is C13H22ClN3. The summed E-state index contributed by atoms with van der Waals surface area (Å²) in [4.78, 5) is 0. The third-order valence-electron chi connectivity index (χ3n) is 3.46. The van der Waals surface area contributed by atoms with E-state index in [-0.39, 0.29) is 0 Å². The van der Waals surface area contributed by atoms with Crippen molar-refractivity contribution in [2.45, 2.75) is 45.6 Å². The van der Waals surface area contributed by atoms with E-state index in [9.17, 15) is 0 Å². The van der Waals surface area contributed by atoms with Crippen LogP contribution in [0.1, 0.15) is 44.0 Å². The van der Waals surface area contributed by atoms with E-state index in [1.54, 1.807) is 0 Å². The molecule has 0 amide bonds.